The molecule has 3 heterocycles. The summed E-state index contributed by atoms with van der Waals surface area (Å²) in [6.45, 7) is 0.231. The minimum Gasteiger partial charge on any atom is -0.350 e. The van der Waals surface area contributed by atoms with Gasteiger partial charge in [0.05, 0.1) is 29.1 Å². The second-order valence-corrected chi connectivity index (χ2v) is 10.7. The van der Waals surface area contributed by atoms with Crippen LogP contribution >= 0.6 is 0 Å². The minimum atomic E-state index is -4.85. The quantitative estimate of drug-likeness (QED) is 0.364. The van der Waals surface area contributed by atoms with E-state index in [0.29, 0.717) is 11.3 Å². The summed E-state index contributed by atoms with van der Waals surface area (Å²) >= 11 is 0. The number of rotatable bonds is 4. The van der Waals surface area contributed by atoms with E-state index < -0.39 is 27.6 Å². The minimum absolute atomic E-state index is 0.0671. The first-order chi connectivity index (χ1) is 17.5. The van der Waals surface area contributed by atoms with E-state index in [2.05, 4.69) is 14.7 Å². The Morgan fingerprint density at radius 1 is 0.973 bits per heavy atom. The highest BCUT2D eigenvalue weighted by Gasteiger charge is 2.41. The molecule has 5 rings (SSSR count). The second-order valence-electron chi connectivity index (χ2n) is 8.40. The van der Waals surface area contributed by atoms with Gasteiger partial charge in [0.15, 0.2) is 9.84 Å². The lowest BCUT2D eigenvalue weighted by molar-refractivity contribution is -0.154. The van der Waals surface area contributed by atoms with Crippen molar-refractivity contribution in [2.24, 2.45) is 0 Å². The van der Waals surface area contributed by atoms with Gasteiger partial charge in [0.1, 0.15) is 11.5 Å². The standard InChI is InChI=1S/C24H18F4N4O4S/c25-17-5-1-15(2-6-17)21-20(22(36-30-21)24(26,27)28)19-13-32(14-29-19)18-7-3-16(4-8-18)23(33)31-9-11-37(34,35)12-10-31/h1-8,13-14H,9-12H2. The fourth-order valence-electron chi connectivity index (χ4n) is 3.99. The summed E-state index contributed by atoms with van der Waals surface area (Å²) in [6, 6.07) is 11.1. The van der Waals surface area contributed by atoms with Gasteiger partial charge in [-0.2, -0.15) is 13.2 Å². The molecule has 1 fully saturated rings. The van der Waals surface area contributed by atoms with Gasteiger partial charge in [-0.3, -0.25) is 4.79 Å². The number of hydrogen-bond donors (Lipinski definition) is 0. The number of aromatic nitrogens is 3. The molecule has 8 nitrogen and oxygen atoms in total. The molecule has 0 N–H and O–H groups in total. The van der Waals surface area contributed by atoms with Crippen LogP contribution in [0.1, 0.15) is 16.1 Å². The summed E-state index contributed by atoms with van der Waals surface area (Å²) in [5, 5.41) is 3.58. The first-order valence-corrected chi connectivity index (χ1v) is 12.8. The van der Waals surface area contributed by atoms with E-state index in [1.54, 1.807) is 24.3 Å². The van der Waals surface area contributed by atoms with Gasteiger partial charge in [-0.25, -0.2) is 17.8 Å². The van der Waals surface area contributed by atoms with Crippen LogP contribution in [0.4, 0.5) is 17.6 Å². The van der Waals surface area contributed by atoms with Crippen LogP contribution in [-0.4, -0.2) is 58.5 Å². The molecule has 1 aliphatic rings. The SMILES string of the molecule is O=C(c1ccc(-n2cnc(-c3c(-c4ccc(F)cc4)noc3C(F)(F)F)c2)cc1)N1CCS(=O)(=O)CC1. The maximum Gasteiger partial charge on any atom is 0.453 e. The number of hydrogen-bond acceptors (Lipinski definition) is 6. The summed E-state index contributed by atoms with van der Waals surface area (Å²) in [7, 11) is -3.13. The molecule has 37 heavy (non-hydrogen) atoms. The monoisotopic (exact) mass is 534 g/mol. The summed E-state index contributed by atoms with van der Waals surface area (Å²) in [5.74, 6) is -2.37. The van der Waals surface area contributed by atoms with Gasteiger partial charge in [0.25, 0.3) is 5.91 Å². The van der Waals surface area contributed by atoms with Crippen molar-refractivity contribution in [3.63, 3.8) is 0 Å². The largest absolute Gasteiger partial charge is 0.453 e. The number of halogens is 4. The first kappa shape index (κ1) is 24.7. The molecule has 2 aromatic carbocycles. The van der Waals surface area contributed by atoms with Crippen LogP contribution in [0, 0.1) is 5.82 Å². The number of benzene rings is 2. The topological polar surface area (TPSA) is 98.3 Å². The lowest BCUT2D eigenvalue weighted by atomic mass is 10.0. The lowest BCUT2D eigenvalue weighted by Gasteiger charge is -2.26. The van der Waals surface area contributed by atoms with Crippen molar-refractivity contribution in [1.82, 2.24) is 19.6 Å². The van der Waals surface area contributed by atoms with Crippen molar-refractivity contribution in [2.45, 2.75) is 6.18 Å². The van der Waals surface area contributed by atoms with Crippen molar-refractivity contribution in [2.75, 3.05) is 24.6 Å². The zero-order valence-electron chi connectivity index (χ0n) is 18.9. The molecule has 0 bridgehead atoms. The van der Waals surface area contributed by atoms with Crippen LogP contribution in [0.5, 0.6) is 0 Å². The van der Waals surface area contributed by atoms with E-state index in [9.17, 15) is 30.8 Å². The van der Waals surface area contributed by atoms with Crippen LogP contribution in [0.3, 0.4) is 0 Å². The van der Waals surface area contributed by atoms with Gasteiger partial charge in [0.2, 0.25) is 5.76 Å². The summed E-state index contributed by atoms with van der Waals surface area (Å²) in [4.78, 5) is 18.3. The molecule has 0 aliphatic carbocycles. The molecular formula is C24H18F4N4O4S. The van der Waals surface area contributed by atoms with Gasteiger partial charge in [0, 0.05) is 36.1 Å². The number of carbonyl (C=O) groups is 1. The number of sulfone groups is 1. The van der Waals surface area contributed by atoms with Crippen LogP contribution < -0.4 is 0 Å². The van der Waals surface area contributed by atoms with Crippen molar-refractivity contribution in [3.05, 3.63) is 78.2 Å². The van der Waals surface area contributed by atoms with E-state index in [-0.39, 0.29) is 53.0 Å². The van der Waals surface area contributed by atoms with E-state index >= 15 is 0 Å². The fraction of sp³-hybridized carbons (Fsp3) is 0.208. The molecule has 0 spiro atoms. The van der Waals surface area contributed by atoms with E-state index in [1.807, 2.05) is 0 Å². The zero-order chi connectivity index (χ0) is 26.4. The highest BCUT2D eigenvalue weighted by atomic mass is 32.2. The molecule has 13 heteroatoms. The maximum atomic E-state index is 13.7. The number of carbonyl (C=O) groups excluding carboxylic acids is 1. The maximum absolute atomic E-state index is 13.7. The molecule has 0 radical (unpaired) electrons. The van der Waals surface area contributed by atoms with Gasteiger partial charge in [-0.05, 0) is 48.5 Å². The third-order valence-electron chi connectivity index (χ3n) is 5.95. The Morgan fingerprint density at radius 2 is 1.62 bits per heavy atom. The Labute approximate surface area is 208 Å². The predicted octanol–water partition coefficient (Wildman–Crippen LogP) is 4.22. The predicted molar refractivity (Wildman–Crippen MR) is 124 cm³/mol. The molecule has 0 unspecified atom stereocenters. The molecule has 192 valence electrons. The Kier molecular flexibility index (Phi) is 6.10. The van der Waals surface area contributed by atoms with Crippen molar-refractivity contribution in [1.29, 1.82) is 0 Å². The molecule has 0 saturated carbocycles. The number of nitrogens with zero attached hydrogens (tertiary/aromatic N) is 4. The molecule has 1 amide bonds. The Balaban J connectivity index is 1.43. The molecule has 1 aliphatic heterocycles. The molecule has 4 aromatic rings. The molecule has 1 saturated heterocycles. The average Bonchev–Trinajstić information content (AvgIpc) is 3.52. The Bertz CT molecular complexity index is 1550. The fourth-order valence-corrected chi connectivity index (χ4v) is 5.19. The van der Waals surface area contributed by atoms with Crippen LogP contribution in [0.2, 0.25) is 0 Å². The van der Waals surface area contributed by atoms with E-state index in [4.69, 9.17) is 0 Å². The third kappa shape index (κ3) is 4.99. The molecular weight excluding hydrogens is 516 g/mol. The van der Waals surface area contributed by atoms with E-state index in [1.165, 1.54) is 34.1 Å². The third-order valence-corrected chi connectivity index (χ3v) is 7.56. The molecule has 0 atom stereocenters. The van der Waals surface area contributed by atoms with Crippen molar-refractivity contribution >= 4 is 15.7 Å². The highest BCUT2D eigenvalue weighted by molar-refractivity contribution is 7.91. The van der Waals surface area contributed by atoms with Gasteiger partial charge < -0.3 is 14.0 Å². The van der Waals surface area contributed by atoms with Crippen LogP contribution in [0.15, 0.2) is 65.6 Å². The first-order valence-electron chi connectivity index (χ1n) is 11.0. The van der Waals surface area contributed by atoms with Crippen LogP contribution in [0.25, 0.3) is 28.2 Å². The van der Waals surface area contributed by atoms with Crippen molar-refractivity contribution < 1.29 is 35.3 Å². The van der Waals surface area contributed by atoms with Gasteiger partial charge in [-0.15, -0.1) is 0 Å². The number of alkyl halides is 3. The Hall–Kier alpha value is -4.00. The average molecular weight is 534 g/mol. The summed E-state index contributed by atoms with van der Waals surface area (Å²) in [5.41, 5.74) is 0.498. The van der Waals surface area contributed by atoms with Gasteiger partial charge >= 0.3 is 6.18 Å². The van der Waals surface area contributed by atoms with Crippen molar-refractivity contribution in [3.8, 4) is 28.2 Å². The van der Waals surface area contributed by atoms with Crippen LogP contribution in [-0.2, 0) is 16.0 Å². The second kappa shape index (κ2) is 9.14. The zero-order valence-corrected chi connectivity index (χ0v) is 19.8. The highest BCUT2D eigenvalue weighted by Crippen LogP contribution is 2.42. The number of imidazole rings is 1. The van der Waals surface area contributed by atoms with Gasteiger partial charge in [-0.1, -0.05) is 5.16 Å². The lowest BCUT2D eigenvalue weighted by Crippen LogP contribution is -2.43. The molecule has 2 aromatic heterocycles. The Morgan fingerprint density at radius 3 is 2.24 bits per heavy atom. The summed E-state index contributed by atoms with van der Waals surface area (Å²) < 4.78 is 83.7. The summed E-state index contributed by atoms with van der Waals surface area (Å²) in [6.07, 6.45) is -2.18. The number of amides is 1. The van der Waals surface area contributed by atoms with E-state index in [0.717, 1.165) is 12.1 Å². The smallest absolute Gasteiger partial charge is 0.350 e. The normalized spacial score (nSPS) is 15.6.